The molecule has 0 spiro atoms. The lowest BCUT2D eigenvalue weighted by Crippen LogP contribution is -2.45. The minimum Gasteiger partial charge on any atom is -0.444 e. The van der Waals surface area contributed by atoms with Crippen molar-refractivity contribution in [2.45, 2.75) is 77.2 Å². The van der Waals surface area contributed by atoms with Crippen molar-refractivity contribution in [3.05, 3.63) is 83.6 Å². The van der Waals surface area contributed by atoms with Gasteiger partial charge < -0.3 is 25.7 Å². The van der Waals surface area contributed by atoms with Crippen molar-refractivity contribution in [3.63, 3.8) is 0 Å². The van der Waals surface area contributed by atoms with Crippen LogP contribution in [0, 0.1) is 0 Å². The Kier molecular flexibility index (Phi) is 7.62. The Bertz CT molecular complexity index is 1490. The molecule has 1 aliphatic rings. The Labute approximate surface area is 229 Å². The van der Waals surface area contributed by atoms with Gasteiger partial charge in [0.05, 0.1) is 0 Å². The van der Waals surface area contributed by atoms with Crippen LogP contribution in [0.15, 0.2) is 66.7 Å². The predicted molar refractivity (Wildman–Crippen MR) is 156 cm³/mol. The number of benzene rings is 3. The molecule has 1 aliphatic carbocycles. The van der Waals surface area contributed by atoms with Crippen LogP contribution in [0.1, 0.15) is 68.1 Å². The van der Waals surface area contributed by atoms with E-state index in [1.54, 1.807) is 0 Å². The van der Waals surface area contributed by atoms with E-state index in [-0.39, 0.29) is 24.1 Å². The van der Waals surface area contributed by atoms with Crippen LogP contribution < -0.4 is 16.4 Å². The minimum atomic E-state index is -0.523. The zero-order valence-electron chi connectivity index (χ0n) is 23.0. The molecular weight excluding hydrogens is 488 g/mol. The molecule has 0 bridgehead atoms. The molecule has 7 heteroatoms. The molecule has 39 heavy (non-hydrogen) atoms. The van der Waals surface area contributed by atoms with E-state index < -0.39 is 5.60 Å². The van der Waals surface area contributed by atoms with Crippen LogP contribution in [0.4, 0.5) is 4.79 Å². The van der Waals surface area contributed by atoms with Crippen LogP contribution in [-0.4, -0.2) is 34.3 Å². The van der Waals surface area contributed by atoms with Crippen molar-refractivity contribution in [3.8, 4) is 0 Å². The largest absolute Gasteiger partial charge is 0.444 e. The van der Waals surface area contributed by atoms with Gasteiger partial charge in [0, 0.05) is 36.1 Å². The maximum Gasteiger partial charge on any atom is 0.407 e. The van der Waals surface area contributed by atoms with Crippen LogP contribution in [0.25, 0.3) is 21.7 Å². The molecule has 0 unspecified atom stereocenters. The molecule has 204 valence electrons. The number of aromatic nitrogens is 1. The zero-order valence-corrected chi connectivity index (χ0v) is 23.0. The fourth-order valence-corrected chi connectivity index (χ4v) is 5.50. The first-order chi connectivity index (χ1) is 18.7. The molecule has 0 aliphatic heterocycles. The summed E-state index contributed by atoms with van der Waals surface area (Å²) < 4.78 is 7.51. The van der Waals surface area contributed by atoms with Crippen molar-refractivity contribution in [1.82, 2.24) is 15.2 Å². The summed E-state index contributed by atoms with van der Waals surface area (Å²) in [6, 6.07) is 22.9. The Balaban J connectivity index is 1.35. The van der Waals surface area contributed by atoms with Crippen molar-refractivity contribution < 1.29 is 14.3 Å². The highest BCUT2D eigenvalue weighted by molar-refractivity contribution is 5.99. The molecule has 4 N–H and O–H groups in total. The molecular formula is C32H38N4O3. The minimum absolute atomic E-state index is 0.0535. The van der Waals surface area contributed by atoms with Gasteiger partial charge in [0.2, 0.25) is 0 Å². The van der Waals surface area contributed by atoms with Crippen LogP contribution in [-0.2, 0) is 17.8 Å². The van der Waals surface area contributed by atoms with Crippen molar-refractivity contribution >= 4 is 33.7 Å². The molecule has 0 radical (unpaired) electrons. The zero-order chi connectivity index (χ0) is 27.6. The first-order valence-electron chi connectivity index (χ1n) is 13.8. The fourth-order valence-electron chi connectivity index (χ4n) is 5.50. The van der Waals surface area contributed by atoms with E-state index in [1.807, 2.05) is 51.1 Å². The number of ether oxygens (including phenoxy) is 1. The molecule has 0 atom stereocenters. The summed E-state index contributed by atoms with van der Waals surface area (Å²) in [7, 11) is 0. The average molecular weight is 527 g/mol. The van der Waals surface area contributed by atoms with Gasteiger partial charge in [0.1, 0.15) is 11.3 Å². The Morgan fingerprint density at radius 2 is 1.59 bits per heavy atom. The number of fused-ring (bicyclic) bond motifs is 2. The van der Waals surface area contributed by atoms with E-state index in [2.05, 4.69) is 51.6 Å². The summed E-state index contributed by atoms with van der Waals surface area (Å²) in [5.74, 6) is -0.0794. The van der Waals surface area contributed by atoms with Crippen LogP contribution in [0.2, 0.25) is 0 Å². The van der Waals surface area contributed by atoms with E-state index in [1.165, 1.54) is 10.8 Å². The number of hydrogen-bond donors (Lipinski definition) is 3. The Hall–Kier alpha value is -3.84. The second-order valence-corrected chi connectivity index (χ2v) is 11.5. The average Bonchev–Trinajstić information content (AvgIpc) is 3.26. The number of hydrogen-bond acceptors (Lipinski definition) is 4. The van der Waals surface area contributed by atoms with E-state index in [4.69, 9.17) is 10.5 Å². The third kappa shape index (κ3) is 6.25. The Morgan fingerprint density at radius 1 is 0.897 bits per heavy atom. The SMILES string of the molecule is CC(C)(C)OC(=O)NC1CCC(NC(=O)c2cc3ccc(CN)cc3n2Cc2cccc3ccccc23)CC1. The van der Waals surface area contributed by atoms with Gasteiger partial charge in [-0.1, -0.05) is 54.6 Å². The fraction of sp³-hybridized carbons (Fsp3) is 0.375. The summed E-state index contributed by atoms with van der Waals surface area (Å²) in [4.78, 5) is 25.8. The predicted octanol–water partition coefficient (Wildman–Crippen LogP) is 5.87. The van der Waals surface area contributed by atoms with Gasteiger partial charge in [-0.2, -0.15) is 0 Å². The molecule has 2 amide bonds. The van der Waals surface area contributed by atoms with Crippen molar-refractivity contribution in [1.29, 1.82) is 0 Å². The third-order valence-corrected chi connectivity index (χ3v) is 7.43. The van der Waals surface area contributed by atoms with E-state index >= 15 is 0 Å². The first kappa shape index (κ1) is 26.8. The maximum atomic E-state index is 13.7. The highest BCUT2D eigenvalue weighted by Crippen LogP contribution is 2.27. The van der Waals surface area contributed by atoms with Gasteiger partial charge in [0.25, 0.3) is 5.91 Å². The molecule has 1 fully saturated rings. The Morgan fingerprint density at radius 3 is 2.31 bits per heavy atom. The van der Waals surface area contributed by atoms with Crippen LogP contribution in [0.5, 0.6) is 0 Å². The number of nitrogens with zero attached hydrogens (tertiary/aromatic N) is 1. The van der Waals surface area contributed by atoms with Gasteiger partial charge in [-0.25, -0.2) is 4.79 Å². The lowest BCUT2D eigenvalue weighted by molar-refractivity contribution is 0.0488. The summed E-state index contributed by atoms with van der Waals surface area (Å²) in [6.07, 6.45) is 2.80. The second-order valence-electron chi connectivity index (χ2n) is 11.5. The van der Waals surface area contributed by atoms with Crippen molar-refractivity contribution in [2.24, 2.45) is 5.73 Å². The highest BCUT2D eigenvalue weighted by Gasteiger charge is 2.27. The van der Waals surface area contributed by atoms with Crippen molar-refractivity contribution in [2.75, 3.05) is 0 Å². The lowest BCUT2D eigenvalue weighted by Gasteiger charge is -2.30. The molecule has 0 saturated heterocycles. The molecule has 4 aromatic rings. The monoisotopic (exact) mass is 526 g/mol. The number of carbonyl (C=O) groups is 2. The van der Waals surface area contributed by atoms with E-state index in [0.29, 0.717) is 18.8 Å². The molecule has 7 nitrogen and oxygen atoms in total. The van der Waals surface area contributed by atoms with Gasteiger partial charge in [-0.3, -0.25) is 4.79 Å². The molecule has 1 saturated carbocycles. The number of nitrogens with two attached hydrogens (primary N) is 1. The van der Waals surface area contributed by atoms with Gasteiger partial charge >= 0.3 is 6.09 Å². The number of amides is 2. The summed E-state index contributed by atoms with van der Waals surface area (Å²) in [5, 5.41) is 9.62. The van der Waals surface area contributed by atoms with E-state index in [9.17, 15) is 9.59 Å². The third-order valence-electron chi connectivity index (χ3n) is 7.43. The smallest absolute Gasteiger partial charge is 0.407 e. The summed E-state index contributed by atoms with van der Waals surface area (Å²) in [6.45, 7) is 6.59. The number of rotatable bonds is 6. The summed E-state index contributed by atoms with van der Waals surface area (Å²) >= 11 is 0. The molecule has 3 aromatic carbocycles. The number of alkyl carbamates (subject to hydrolysis) is 1. The highest BCUT2D eigenvalue weighted by atomic mass is 16.6. The maximum absolute atomic E-state index is 13.7. The number of nitrogens with one attached hydrogen (secondary N) is 2. The summed E-state index contributed by atoms with van der Waals surface area (Å²) in [5.41, 5.74) is 9.26. The lowest BCUT2D eigenvalue weighted by atomic mass is 9.91. The van der Waals surface area contributed by atoms with E-state index in [0.717, 1.165) is 47.7 Å². The molecule has 5 rings (SSSR count). The number of carbonyl (C=O) groups excluding carboxylic acids is 2. The van der Waals surface area contributed by atoms with Gasteiger partial charge in [0.15, 0.2) is 0 Å². The first-order valence-corrected chi connectivity index (χ1v) is 13.8. The van der Waals surface area contributed by atoms with Crippen LogP contribution in [0.3, 0.4) is 0 Å². The quantitative estimate of drug-likeness (QED) is 0.293. The standard InChI is InChI=1S/C32H38N4O3/c1-32(2,3)39-31(38)35-26-15-13-25(14-16-26)34-30(37)29-18-23-12-11-21(19-33)17-28(23)36(29)20-24-9-6-8-22-7-4-5-10-27(22)24/h4-12,17-18,25-26H,13-16,19-20,33H2,1-3H3,(H,34,37)(H,35,38). The normalized spacial score (nSPS) is 17.7. The molecule has 1 aromatic heterocycles. The van der Waals surface area contributed by atoms with Gasteiger partial charge in [-0.05, 0) is 80.5 Å². The molecule has 1 heterocycles. The topological polar surface area (TPSA) is 98.4 Å². The second kappa shape index (κ2) is 11.1. The van der Waals surface area contributed by atoms with Gasteiger partial charge in [-0.15, -0.1) is 0 Å². The van der Waals surface area contributed by atoms with Crippen LogP contribution >= 0.6 is 0 Å².